The van der Waals surface area contributed by atoms with E-state index in [1.54, 1.807) is 24.4 Å². The molecule has 1 saturated heterocycles. The Morgan fingerprint density at radius 2 is 1.71 bits per heavy atom. The average Bonchev–Trinajstić information content (AvgIpc) is 2.56. The van der Waals surface area contributed by atoms with Crippen LogP contribution in [0.1, 0.15) is 0 Å². The van der Waals surface area contributed by atoms with Crippen LogP contribution in [0.5, 0.6) is 0 Å². The van der Waals surface area contributed by atoms with Crippen LogP contribution < -0.4 is 9.62 Å². The van der Waals surface area contributed by atoms with Crippen LogP contribution in [0.2, 0.25) is 5.02 Å². The second-order valence-electron chi connectivity index (χ2n) is 5.75. The Labute approximate surface area is 147 Å². The minimum absolute atomic E-state index is 0.150. The highest BCUT2D eigenvalue weighted by atomic mass is 35.5. The molecule has 8 heteroatoms. The summed E-state index contributed by atoms with van der Waals surface area (Å²) in [5, 5.41) is 0.489. The second kappa shape index (κ2) is 6.96. The summed E-state index contributed by atoms with van der Waals surface area (Å²) in [5.74, 6) is 0.294. The van der Waals surface area contributed by atoms with E-state index >= 15 is 0 Å². The van der Waals surface area contributed by atoms with Crippen molar-refractivity contribution in [2.75, 3.05) is 42.8 Å². The second-order valence-corrected chi connectivity index (χ2v) is 7.87. The number of hydrogen-bond donors (Lipinski definition) is 1. The molecule has 1 aromatic carbocycles. The lowest BCUT2D eigenvalue weighted by Crippen LogP contribution is -2.44. The molecule has 2 heterocycles. The predicted octanol–water partition coefficient (Wildman–Crippen LogP) is 2.29. The highest BCUT2D eigenvalue weighted by molar-refractivity contribution is 7.92. The molecule has 1 aromatic heterocycles. The van der Waals surface area contributed by atoms with Crippen LogP contribution in [0.4, 0.5) is 11.5 Å². The van der Waals surface area contributed by atoms with E-state index in [1.807, 2.05) is 6.07 Å². The fourth-order valence-electron chi connectivity index (χ4n) is 2.51. The maximum absolute atomic E-state index is 12.3. The number of aromatic nitrogens is 1. The molecule has 0 spiro atoms. The third-order valence-electron chi connectivity index (χ3n) is 3.98. The Morgan fingerprint density at radius 3 is 2.29 bits per heavy atom. The molecule has 1 N–H and O–H groups in total. The standard InChI is InChI=1S/C16H19ClN4O2S/c1-20-8-10-21(11-9-20)14-4-7-16(18-12-14)19-24(22,23)15-5-2-13(17)3-6-15/h2-7,12H,8-11H2,1H3,(H,18,19). The average molecular weight is 367 g/mol. The van der Waals surface area contributed by atoms with Crippen molar-refractivity contribution in [2.45, 2.75) is 4.90 Å². The fourth-order valence-corrected chi connectivity index (χ4v) is 3.64. The van der Waals surface area contributed by atoms with Gasteiger partial charge in [-0.3, -0.25) is 4.72 Å². The lowest BCUT2D eigenvalue weighted by molar-refractivity contribution is 0.313. The summed E-state index contributed by atoms with van der Waals surface area (Å²) < 4.78 is 27.1. The van der Waals surface area contributed by atoms with Crippen molar-refractivity contribution in [3.8, 4) is 0 Å². The molecule has 3 rings (SSSR count). The van der Waals surface area contributed by atoms with Gasteiger partial charge in [0.05, 0.1) is 16.8 Å². The van der Waals surface area contributed by atoms with Gasteiger partial charge in [-0.15, -0.1) is 0 Å². The summed E-state index contributed by atoms with van der Waals surface area (Å²) in [4.78, 5) is 8.90. The molecule has 2 aromatic rings. The zero-order chi connectivity index (χ0) is 17.2. The van der Waals surface area contributed by atoms with Crippen molar-refractivity contribution < 1.29 is 8.42 Å². The SMILES string of the molecule is CN1CCN(c2ccc(NS(=O)(=O)c3ccc(Cl)cc3)nc2)CC1. The Morgan fingerprint density at radius 1 is 1.04 bits per heavy atom. The number of piperazine rings is 1. The number of halogens is 1. The van der Waals surface area contributed by atoms with Crippen LogP contribution in [0.15, 0.2) is 47.5 Å². The minimum Gasteiger partial charge on any atom is -0.368 e. The molecule has 0 unspecified atom stereocenters. The maximum Gasteiger partial charge on any atom is 0.263 e. The summed E-state index contributed by atoms with van der Waals surface area (Å²) in [6.07, 6.45) is 1.70. The Balaban J connectivity index is 1.70. The van der Waals surface area contributed by atoms with Crippen LogP contribution in [-0.2, 0) is 10.0 Å². The molecule has 1 aliphatic heterocycles. The number of nitrogens with zero attached hydrogens (tertiary/aromatic N) is 3. The van der Waals surface area contributed by atoms with E-state index in [1.165, 1.54) is 12.1 Å². The lowest BCUT2D eigenvalue weighted by Gasteiger charge is -2.33. The molecule has 24 heavy (non-hydrogen) atoms. The number of benzene rings is 1. The lowest BCUT2D eigenvalue weighted by atomic mass is 10.3. The Bertz CT molecular complexity index is 786. The number of anilines is 2. The zero-order valence-electron chi connectivity index (χ0n) is 13.3. The molecular formula is C16H19ClN4O2S. The molecule has 128 valence electrons. The Kier molecular flexibility index (Phi) is 4.93. The first-order valence-electron chi connectivity index (χ1n) is 7.62. The van der Waals surface area contributed by atoms with E-state index in [4.69, 9.17) is 11.6 Å². The fraction of sp³-hybridized carbons (Fsp3) is 0.312. The molecule has 0 atom stereocenters. The number of likely N-dealkylation sites (N-methyl/N-ethyl adjacent to an activating group) is 1. The molecular weight excluding hydrogens is 348 g/mol. The number of rotatable bonds is 4. The molecule has 1 fully saturated rings. The summed E-state index contributed by atoms with van der Waals surface area (Å²) in [7, 11) is -1.57. The van der Waals surface area contributed by atoms with Crippen molar-refractivity contribution in [3.63, 3.8) is 0 Å². The van der Waals surface area contributed by atoms with Gasteiger partial charge < -0.3 is 9.80 Å². The molecule has 6 nitrogen and oxygen atoms in total. The van der Waals surface area contributed by atoms with Crippen LogP contribution in [0.3, 0.4) is 0 Å². The highest BCUT2D eigenvalue weighted by Crippen LogP contribution is 2.20. The zero-order valence-corrected chi connectivity index (χ0v) is 14.9. The number of nitrogens with one attached hydrogen (secondary N) is 1. The molecule has 0 radical (unpaired) electrons. The van der Waals surface area contributed by atoms with Gasteiger partial charge in [-0.2, -0.15) is 0 Å². The van der Waals surface area contributed by atoms with Crippen molar-refractivity contribution in [2.24, 2.45) is 0 Å². The van der Waals surface area contributed by atoms with Gasteiger partial charge in [0, 0.05) is 31.2 Å². The first-order valence-corrected chi connectivity index (χ1v) is 9.48. The van der Waals surface area contributed by atoms with Gasteiger partial charge in [0.15, 0.2) is 0 Å². The summed E-state index contributed by atoms with van der Waals surface area (Å²) in [6.45, 7) is 3.89. The van der Waals surface area contributed by atoms with Crippen LogP contribution in [0, 0.1) is 0 Å². The van der Waals surface area contributed by atoms with Gasteiger partial charge in [-0.05, 0) is 43.4 Å². The Hall–Kier alpha value is -1.83. The van der Waals surface area contributed by atoms with Crippen molar-refractivity contribution in [1.82, 2.24) is 9.88 Å². The summed E-state index contributed by atoms with van der Waals surface area (Å²) in [6, 6.07) is 9.58. The van der Waals surface area contributed by atoms with Gasteiger partial charge in [0.25, 0.3) is 10.0 Å². The van der Waals surface area contributed by atoms with E-state index in [0.29, 0.717) is 10.8 Å². The van der Waals surface area contributed by atoms with Crippen LogP contribution in [-0.4, -0.2) is 51.5 Å². The van der Waals surface area contributed by atoms with Crippen LogP contribution >= 0.6 is 11.6 Å². The van der Waals surface area contributed by atoms with Gasteiger partial charge in [0.1, 0.15) is 5.82 Å². The van der Waals surface area contributed by atoms with Crippen molar-refractivity contribution in [3.05, 3.63) is 47.6 Å². The van der Waals surface area contributed by atoms with E-state index < -0.39 is 10.0 Å². The summed E-state index contributed by atoms with van der Waals surface area (Å²) >= 11 is 5.79. The molecule has 0 saturated carbocycles. The number of pyridine rings is 1. The smallest absolute Gasteiger partial charge is 0.263 e. The number of hydrogen-bond acceptors (Lipinski definition) is 5. The molecule has 1 aliphatic rings. The first-order chi connectivity index (χ1) is 11.4. The van der Waals surface area contributed by atoms with Gasteiger partial charge in [-0.25, -0.2) is 13.4 Å². The highest BCUT2D eigenvalue weighted by Gasteiger charge is 2.17. The third kappa shape index (κ3) is 3.98. The van der Waals surface area contributed by atoms with Crippen molar-refractivity contribution >= 4 is 33.1 Å². The third-order valence-corrected chi connectivity index (χ3v) is 5.60. The summed E-state index contributed by atoms with van der Waals surface area (Å²) in [5.41, 5.74) is 0.998. The monoisotopic (exact) mass is 366 g/mol. The van der Waals surface area contributed by atoms with E-state index in [9.17, 15) is 8.42 Å². The number of sulfonamides is 1. The maximum atomic E-state index is 12.3. The van der Waals surface area contributed by atoms with E-state index in [-0.39, 0.29) is 4.90 Å². The van der Waals surface area contributed by atoms with E-state index in [0.717, 1.165) is 31.9 Å². The minimum atomic E-state index is -3.67. The van der Waals surface area contributed by atoms with Crippen LogP contribution in [0.25, 0.3) is 0 Å². The predicted molar refractivity (Wildman–Crippen MR) is 96.2 cm³/mol. The first kappa shape index (κ1) is 17.0. The quantitative estimate of drug-likeness (QED) is 0.899. The molecule has 0 aliphatic carbocycles. The van der Waals surface area contributed by atoms with Crippen molar-refractivity contribution in [1.29, 1.82) is 0 Å². The van der Waals surface area contributed by atoms with Gasteiger partial charge in [0.2, 0.25) is 0 Å². The molecule has 0 bridgehead atoms. The van der Waals surface area contributed by atoms with E-state index in [2.05, 4.69) is 26.6 Å². The topological polar surface area (TPSA) is 65.5 Å². The molecule has 0 amide bonds. The van der Waals surface area contributed by atoms with Gasteiger partial charge in [-0.1, -0.05) is 11.6 Å². The largest absolute Gasteiger partial charge is 0.368 e. The van der Waals surface area contributed by atoms with Gasteiger partial charge >= 0.3 is 0 Å². The normalized spacial score (nSPS) is 16.2.